The number of nitrogens with one attached hydrogen (secondary N) is 2. The van der Waals surface area contributed by atoms with Crippen molar-refractivity contribution in [3.8, 4) is 0 Å². The zero-order valence-corrected chi connectivity index (χ0v) is 14.1. The Balaban J connectivity index is 2.00. The molecule has 0 unspecified atom stereocenters. The van der Waals surface area contributed by atoms with Gasteiger partial charge in [-0.15, -0.1) is 0 Å². The molecule has 0 aliphatic heterocycles. The Morgan fingerprint density at radius 2 is 1.83 bits per heavy atom. The lowest BCUT2D eigenvalue weighted by atomic mass is 10.2. The molecule has 2 N–H and O–H groups in total. The monoisotopic (exact) mass is 351 g/mol. The van der Waals surface area contributed by atoms with Crippen molar-refractivity contribution in [2.24, 2.45) is 0 Å². The van der Waals surface area contributed by atoms with E-state index >= 15 is 0 Å². The van der Waals surface area contributed by atoms with Gasteiger partial charge in [-0.05, 0) is 54.7 Å². The van der Waals surface area contributed by atoms with Gasteiger partial charge >= 0.3 is 0 Å². The normalized spacial score (nSPS) is 10.1. The van der Waals surface area contributed by atoms with E-state index in [9.17, 15) is 9.18 Å². The van der Waals surface area contributed by atoms with Crippen molar-refractivity contribution >= 4 is 46.2 Å². The van der Waals surface area contributed by atoms with Crippen LogP contribution in [-0.2, 0) is 0 Å². The molecule has 0 spiro atoms. The number of hydrogen-bond acceptors (Lipinski definition) is 3. The van der Waals surface area contributed by atoms with Crippen LogP contribution in [0, 0.1) is 5.82 Å². The molecule has 0 aliphatic rings. The Kier molecular flexibility index (Phi) is 5.52. The molecule has 4 nitrogen and oxygen atoms in total. The molecule has 0 aromatic heterocycles. The third-order valence-electron chi connectivity index (χ3n) is 3.04. The summed E-state index contributed by atoms with van der Waals surface area (Å²) < 4.78 is 13.0. The first-order valence-electron chi connectivity index (χ1n) is 6.71. The number of carbonyl (C=O) groups is 1. The highest BCUT2D eigenvalue weighted by molar-refractivity contribution is 7.80. The van der Waals surface area contributed by atoms with Crippen LogP contribution in [0.15, 0.2) is 42.5 Å². The van der Waals surface area contributed by atoms with Crippen LogP contribution in [0.5, 0.6) is 0 Å². The molecular weight excluding hydrogens is 337 g/mol. The summed E-state index contributed by atoms with van der Waals surface area (Å²) in [4.78, 5) is 14.0. The minimum atomic E-state index is -0.506. The van der Waals surface area contributed by atoms with Gasteiger partial charge in [0.1, 0.15) is 5.82 Å². The fourth-order valence-corrected chi connectivity index (χ4v) is 2.31. The van der Waals surface area contributed by atoms with Crippen molar-refractivity contribution in [1.82, 2.24) is 5.32 Å². The molecule has 7 heteroatoms. The zero-order valence-electron chi connectivity index (χ0n) is 12.6. The van der Waals surface area contributed by atoms with Gasteiger partial charge in [-0.1, -0.05) is 11.6 Å². The average molecular weight is 352 g/mol. The number of carbonyl (C=O) groups excluding carboxylic acids is 1. The maximum Gasteiger partial charge on any atom is 0.258 e. The van der Waals surface area contributed by atoms with Crippen molar-refractivity contribution in [1.29, 1.82) is 0 Å². The van der Waals surface area contributed by atoms with Crippen LogP contribution in [0.1, 0.15) is 10.4 Å². The van der Waals surface area contributed by atoms with Gasteiger partial charge in [-0.3, -0.25) is 10.1 Å². The lowest BCUT2D eigenvalue weighted by Crippen LogP contribution is -2.34. The van der Waals surface area contributed by atoms with Crippen LogP contribution in [0.3, 0.4) is 0 Å². The summed E-state index contributed by atoms with van der Waals surface area (Å²) in [5.41, 5.74) is 1.94. The standard InChI is InChI=1S/C16H15ClFN3OS/c1-21(2)12-6-4-11(5-7-12)19-16(23)20-15(22)13-8-3-10(18)9-14(13)17/h3-9H,1-2H3,(H2,19,20,22,23). The fraction of sp³-hybridized carbons (Fsp3) is 0.125. The number of thiocarbonyl (C=S) groups is 1. The average Bonchev–Trinajstić information content (AvgIpc) is 2.47. The largest absolute Gasteiger partial charge is 0.378 e. The topological polar surface area (TPSA) is 44.4 Å². The van der Waals surface area contributed by atoms with Crippen molar-refractivity contribution < 1.29 is 9.18 Å². The molecule has 0 heterocycles. The summed E-state index contributed by atoms with van der Waals surface area (Å²) in [5.74, 6) is -1.01. The van der Waals surface area contributed by atoms with Gasteiger partial charge < -0.3 is 10.2 Å². The zero-order chi connectivity index (χ0) is 17.0. The van der Waals surface area contributed by atoms with Crippen LogP contribution >= 0.6 is 23.8 Å². The lowest BCUT2D eigenvalue weighted by Gasteiger charge is -2.14. The molecule has 2 aromatic rings. The maximum atomic E-state index is 13.0. The molecular formula is C16H15ClFN3OS. The van der Waals surface area contributed by atoms with E-state index in [2.05, 4.69) is 10.6 Å². The highest BCUT2D eigenvalue weighted by Crippen LogP contribution is 2.18. The highest BCUT2D eigenvalue weighted by Gasteiger charge is 2.12. The number of anilines is 2. The van der Waals surface area contributed by atoms with E-state index in [-0.39, 0.29) is 15.7 Å². The summed E-state index contributed by atoms with van der Waals surface area (Å²) in [7, 11) is 3.89. The molecule has 0 fully saturated rings. The second kappa shape index (κ2) is 7.39. The lowest BCUT2D eigenvalue weighted by molar-refractivity contribution is 0.0978. The minimum absolute atomic E-state index is 0.0284. The van der Waals surface area contributed by atoms with Crippen LogP contribution in [0.4, 0.5) is 15.8 Å². The third kappa shape index (κ3) is 4.64. The van der Waals surface area contributed by atoms with Crippen molar-refractivity contribution in [3.05, 3.63) is 58.9 Å². The SMILES string of the molecule is CN(C)c1ccc(NC(=S)NC(=O)c2ccc(F)cc2Cl)cc1. The number of hydrogen-bond donors (Lipinski definition) is 2. The molecule has 1 amide bonds. The molecule has 0 saturated carbocycles. The summed E-state index contributed by atoms with van der Waals surface area (Å²) in [6.07, 6.45) is 0. The number of rotatable bonds is 3. The van der Waals surface area contributed by atoms with Gasteiger partial charge in [0.2, 0.25) is 0 Å². The van der Waals surface area contributed by atoms with Crippen LogP contribution in [0.25, 0.3) is 0 Å². The molecule has 2 aromatic carbocycles. The predicted molar refractivity (Wildman–Crippen MR) is 95.9 cm³/mol. The summed E-state index contributed by atoms with van der Waals surface area (Å²) >= 11 is 10.9. The van der Waals surface area contributed by atoms with Crippen LogP contribution < -0.4 is 15.5 Å². The second-order valence-electron chi connectivity index (χ2n) is 4.97. The van der Waals surface area contributed by atoms with E-state index in [0.29, 0.717) is 0 Å². The molecule has 23 heavy (non-hydrogen) atoms. The number of nitrogens with zero attached hydrogens (tertiary/aromatic N) is 1. The quantitative estimate of drug-likeness (QED) is 0.828. The Labute approximate surface area is 144 Å². The summed E-state index contributed by atoms with van der Waals surface area (Å²) in [6.45, 7) is 0. The second-order valence-corrected chi connectivity index (χ2v) is 5.79. The van der Waals surface area contributed by atoms with Crippen LogP contribution in [0.2, 0.25) is 5.02 Å². The molecule has 120 valence electrons. The fourth-order valence-electron chi connectivity index (χ4n) is 1.85. The van der Waals surface area contributed by atoms with Gasteiger partial charge in [0.15, 0.2) is 5.11 Å². The van der Waals surface area contributed by atoms with Crippen molar-refractivity contribution in [3.63, 3.8) is 0 Å². The smallest absolute Gasteiger partial charge is 0.258 e. The first-order chi connectivity index (χ1) is 10.9. The van der Waals surface area contributed by atoms with E-state index in [1.807, 2.05) is 43.3 Å². The minimum Gasteiger partial charge on any atom is -0.378 e. The van der Waals surface area contributed by atoms with Crippen molar-refractivity contribution in [2.75, 3.05) is 24.3 Å². The summed E-state index contributed by atoms with van der Waals surface area (Å²) in [6, 6.07) is 11.1. The number of halogens is 2. The molecule has 0 aliphatic carbocycles. The Morgan fingerprint density at radius 1 is 1.17 bits per heavy atom. The van der Waals surface area contributed by atoms with Gasteiger partial charge in [0.25, 0.3) is 5.91 Å². The van der Waals surface area contributed by atoms with E-state index < -0.39 is 11.7 Å². The first kappa shape index (κ1) is 17.2. The molecule has 2 rings (SSSR count). The van der Waals surface area contributed by atoms with Gasteiger partial charge in [0.05, 0.1) is 10.6 Å². The van der Waals surface area contributed by atoms with Gasteiger partial charge in [0, 0.05) is 25.5 Å². The molecule has 0 saturated heterocycles. The van der Waals surface area contributed by atoms with Gasteiger partial charge in [-0.25, -0.2) is 4.39 Å². The van der Waals surface area contributed by atoms with E-state index in [4.69, 9.17) is 23.8 Å². The summed E-state index contributed by atoms with van der Waals surface area (Å²) in [5, 5.41) is 5.57. The molecule has 0 radical (unpaired) electrons. The van der Waals surface area contributed by atoms with Crippen LogP contribution in [-0.4, -0.2) is 25.1 Å². The number of amides is 1. The Hall–Kier alpha value is -2.18. The maximum absolute atomic E-state index is 13.0. The highest BCUT2D eigenvalue weighted by atomic mass is 35.5. The van der Waals surface area contributed by atoms with Crippen molar-refractivity contribution in [2.45, 2.75) is 0 Å². The predicted octanol–water partition coefficient (Wildman–Crippen LogP) is 3.67. The van der Waals surface area contributed by atoms with E-state index in [0.717, 1.165) is 23.5 Å². The first-order valence-corrected chi connectivity index (χ1v) is 7.50. The van der Waals surface area contributed by atoms with E-state index in [1.165, 1.54) is 6.07 Å². The molecule has 0 atom stereocenters. The molecule has 0 bridgehead atoms. The van der Waals surface area contributed by atoms with E-state index in [1.54, 1.807) is 0 Å². The Bertz CT molecular complexity index is 735. The van der Waals surface area contributed by atoms with Gasteiger partial charge in [-0.2, -0.15) is 0 Å². The number of benzene rings is 2. The third-order valence-corrected chi connectivity index (χ3v) is 3.56. The Morgan fingerprint density at radius 3 is 2.39 bits per heavy atom.